The summed E-state index contributed by atoms with van der Waals surface area (Å²) in [4.78, 5) is 25.0. The summed E-state index contributed by atoms with van der Waals surface area (Å²) in [6, 6.07) is 28.6. The summed E-state index contributed by atoms with van der Waals surface area (Å²) >= 11 is 0. The van der Waals surface area contributed by atoms with Gasteiger partial charge < -0.3 is 31.6 Å². The molecule has 0 bridgehead atoms. The fourth-order valence-electron chi connectivity index (χ4n) is 4.48. The van der Waals surface area contributed by atoms with Crippen LogP contribution in [0, 0.1) is 10.8 Å². The molecule has 4 aromatic rings. The summed E-state index contributed by atoms with van der Waals surface area (Å²) in [6.07, 6.45) is 2.67. The van der Waals surface area contributed by atoms with Gasteiger partial charge in [-0.05, 0) is 78.9 Å². The van der Waals surface area contributed by atoms with E-state index in [0.29, 0.717) is 48.6 Å². The highest BCUT2D eigenvalue weighted by molar-refractivity contribution is 6.00. The van der Waals surface area contributed by atoms with Crippen molar-refractivity contribution in [1.29, 1.82) is 10.8 Å². The normalized spacial score (nSPS) is 10.5. The Morgan fingerprint density at radius 3 is 1.38 bits per heavy atom. The van der Waals surface area contributed by atoms with E-state index in [9.17, 15) is 9.59 Å². The van der Waals surface area contributed by atoms with Crippen LogP contribution in [0.15, 0.2) is 97.1 Å². The van der Waals surface area contributed by atoms with E-state index < -0.39 is 0 Å². The van der Waals surface area contributed by atoms with Crippen LogP contribution in [0.4, 0.5) is 0 Å². The van der Waals surface area contributed by atoms with Crippen LogP contribution in [-0.4, -0.2) is 36.7 Å². The highest BCUT2D eigenvalue weighted by Crippen LogP contribution is 2.16. The Bertz CT molecular complexity index is 1530. The van der Waals surface area contributed by atoms with Gasteiger partial charge in [0.05, 0.1) is 13.2 Å². The molecule has 232 valence electrons. The van der Waals surface area contributed by atoms with Gasteiger partial charge in [-0.25, -0.2) is 0 Å². The molecule has 10 heteroatoms. The van der Waals surface area contributed by atoms with Crippen molar-refractivity contribution >= 4 is 23.5 Å². The zero-order valence-corrected chi connectivity index (χ0v) is 25.0. The van der Waals surface area contributed by atoms with Gasteiger partial charge in [0.25, 0.3) is 11.8 Å². The minimum Gasteiger partial charge on any atom is -0.494 e. The summed E-state index contributed by atoms with van der Waals surface area (Å²) in [7, 11) is 0. The molecule has 0 spiro atoms. The van der Waals surface area contributed by atoms with Gasteiger partial charge in [-0.3, -0.25) is 20.4 Å². The zero-order chi connectivity index (χ0) is 32.0. The number of carbonyl (C=O) groups is 2. The topological polar surface area (TPSA) is 176 Å². The number of hydrogen-bond acceptors (Lipinski definition) is 6. The third-order valence-electron chi connectivity index (χ3n) is 6.90. The standard InChI is InChI=1S/C35H38N6O4/c36-32(37)26-10-6-12-28(20-26)34(42)40-22-24-8-4-14-30(18-24)44-16-2-1-3-17-45-31-15-5-9-25(19-31)23-41-35(43)29-13-7-11-27(21-29)33(38)39/h4-15,18-21H,1-3,16-17,22-23H2,(H3,36,37)(H3,38,39)(H,40,42)(H,41,43). The van der Waals surface area contributed by atoms with E-state index in [1.807, 2.05) is 48.5 Å². The SMILES string of the molecule is N=C(N)c1cccc(C(=O)NCc2cccc(OCCCCCOc3cccc(CNC(=O)c4cccc(C(=N)N)c4)c3)c2)c1. The van der Waals surface area contributed by atoms with Crippen LogP contribution in [0.2, 0.25) is 0 Å². The monoisotopic (exact) mass is 606 g/mol. The van der Waals surface area contributed by atoms with Crippen molar-refractivity contribution in [3.8, 4) is 11.5 Å². The van der Waals surface area contributed by atoms with E-state index >= 15 is 0 Å². The Labute approximate surface area is 262 Å². The van der Waals surface area contributed by atoms with Crippen LogP contribution in [0.3, 0.4) is 0 Å². The first-order valence-electron chi connectivity index (χ1n) is 14.7. The van der Waals surface area contributed by atoms with Crippen molar-refractivity contribution in [2.75, 3.05) is 13.2 Å². The highest BCUT2D eigenvalue weighted by Gasteiger charge is 2.09. The summed E-state index contributed by atoms with van der Waals surface area (Å²) in [5, 5.41) is 20.9. The number of carbonyl (C=O) groups excluding carboxylic acids is 2. The maximum absolute atomic E-state index is 12.5. The number of amidine groups is 2. The molecule has 0 aliphatic carbocycles. The fourth-order valence-corrected chi connectivity index (χ4v) is 4.48. The summed E-state index contributed by atoms with van der Waals surface area (Å²) in [6.45, 7) is 1.83. The van der Waals surface area contributed by atoms with E-state index in [1.165, 1.54) is 0 Å². The molecule has 0 saturated carbocycles. The van der Waals surface area contributed by atoms with Gasteiger partial charge in [0.2, 0.25) is 0 Å². The molecule has 0 aliphatic heterocycles. The third kappa shape index (κ3) is 10.2. The second kappa shape index (κ2) is 16.3. The zero-order valence-electron chi connectivity index (χ0n) is 25.0. The van der Waals surface area contributed by atoms with E-state index in [-0.39, 0.29) is 23.5 Å². The molecule has 2 amide bonds. The van der Waals surface area contributed by atoms with Gasteiger partial charge in [0.1, 0.15) is 23.2 Å². The van der Waals surface area contributed by atoms with Gasteiger partial charge in [0.15, 0.2) is 0 Å². The molecule has 0 aromatic heterocycles. The molecule has 4 rings (SSSR count). The van der Waals surface area contributed by atoms with Crippen LogP contribution in [0.1, 0.15) is 62.2 Å². The minimum absolute atomic E-state index is 0.0808. The summed E-state index contributed by atoms with van der Waals surface area (Å²) in [5.74, 6) is 0.848. The predicted octanol–water partition coefficient (Wildman–Crippen LogP) is 4.74. The molecule has 0 heterocycles. The van der Waals surface area contributed by atoms with Crippen molar-refractivity contribution in [3.63, 3.8) is 0 Å². The largest absolute Gasteiger partial charge is 0.494 e. The van der Waals surface area contributed by atoms with Gasteiger partial charge in [-0.1, -0.05) is 48.5 Å². The van der Waals surface area contributed by atoms with Crippen LogP contribution < -0.4 is 31.6 Å². The van der Waals surface area contributed by atoms with Crippen molar-refractivity contribution < 1.29 is 19.1 Å². The van der Waals surface area contributed by atoms with Crippen LogP contribution in [-0.2, 0) is 13.1 Å². The Hall–Kier alpha value is -5.64. The lowest BCUT2D eigenvalue weighted by atomic mass is 10.1. The molecule has 0 radical (unpaired) electrons. The molecule has 0 fully saturated rings. The molecular formula is C35H38N6O4. The molecule has 0 saturated heterocycles. The Kier molecular flexibility index (Phi) is 11.7. The number of unbranched alkanes of at least 4 members (excludes halogenated alkanes) is 2. The average Bonchev–Trinajstić information content (AvgIpc) is 3.06. The van der Waals surface area contributed by atoms with Gasteiger partial charge >= 0.3 is 0 Å². The summed E-state index contributed by atoms with van der Waals surface area (Å²) in [5.41, 5.74) is 14.8. The Balaban J connectivity index is 1.12. The fraction of sp³-hybridized carbons (Fsp3) is 0.200. The highest BCUT2D eigenvalue weighted by atomic mass is 16.5. The number of rotatable bonds is 16. The minimum atomic E-state index is -0.238. The van der Waals surface area contributed by atoms with E-state index in [2.05, 4.69) is 10.6 Å². The molecule has 8 N–H and O–H groups in total. The molecule has 10 nitrogen and oxygen atoms in total. The first-order chi connectivity index (χ1) is 21.8. The Morgan fingerprint density at radius 1 is 0.556 bits per heavy atom. The number of nitrogens with two attached hydrogens (primary N) is 2. The number of amides is 2. The third-order valence-corrected chi connectivity index (χ3v) is 6.90. The lowest BCUT2D eigenvalue weighted by Crippen LogP contribution is -2.23. The first kappa shape index (κ1) is 32.3. The van der Waals surface area contributed by atoms with E-state index in [4.69, 9.17) is 31.8 Å². The van der Waals surface area contributed by atoms with Crippen molar-refractivity contribution in [3.05, 3.63) is 130 Å². The van der Waals surface area contributed by atoms with Gasteiger partial charge in [-0.15, -0.1) is 0 Å². The maximum atomic E-state index is 12.5. The number of nitrogen functional groups attached to an aromatic ring is 2. The number of hydrogen-bond donors (Lipinski definition) is 6. The maximum Gasteiger partial charge on any atom is 0.251 e. The second-order valence-electron chi connectivity index (χ2n) is 10.4. The Morgan fingerprint density at radius 2 is 0.956 bits per heavy atom. The molecule has 0 unspecified atom stereocenters. The smallest absolute Gasteiger partial charge is 0.251 e. The van der Waals surface area contributed by atoms with Crippen LogP contribution in [0.5, 0.6) is 11.5 Å². The van der Waals surface area contributed by atoms with E-state index in [0.717, 1.165) is 41.9 Å². The lowest BCUT2D eigenvalue weighted by Gasteiger charge is -2.11. The molecule has 4 aromatic carbocycles. The number of nitrogens with one attached hydrogen (secondary N) is 4. The molecule has 0 aliphatic rings. The van der Waals surface area contributed by atoms with Crippen LogP contribution in [0.25, 0.3) is 0 Å². The average molecular weight is 607 g/mol. The first-order valence-corrected chi connectivity index (χ1v) is 14.7. The number of ether oxygens (including phenoxy) is 2. The van der Waals surface area contributed by atoms with Crippen molar-refractivity contribution in [2.45, 2.75) is 32.4 Å². The lowest BCUT2D eigenvalue weighted by molar-refractivity contribution is 0.0943. The molecule has 45 heavy (non-hydrogen) atoms. The predicted molar refractivity (Wildman–Crippen MR) is 175 cm³/mol. The van der Waals surface area contributed by atoms with Crippen LogP contribution >= 0.6 is 0 Å². The number of benzene rings is 4. The van der Waals surface area contributed by atoms with E-state index in [1.54, 1.807) is 48.5 Å². The second-order valence-corrected chi connectivity index (χ2v) is 10.4. The quantitative estimate of drug-likeness (QED) is 0.0609. The van der Waals surface area contributed by atoms with Gasteiger partial charge in [-0.2, -0.15) is 0 Å². The summed E-state index contributed by atoms with van der Waals surface area (Å²) < 4.78 is 11.8. The molecule has 0 atom stereocenters. The van der Waals surface area contributed by atoms with Crippen molar-refractivity contribution in [2.24, 2.45) is 11.5 Å². The van der Waals surface area contributed by atoms with Gasteiger partial charge in [0, 0.05) is 35.3 Å². The van der Waals surface area contributed by atoms with Crippen molar-refractivity contribution in [1.82, 2.24) is 10.6 Å². The molecular weight excluding hydrogens is 568 g/mol.